The van der Waals surface area contributed by atoms with Crippen molar-refractivity contribution < 1.29 is 9.90 Å². The van der Waals surface area contributed by atoms with E-state index in [-0.39, 0.29) is 23.5 Å². The number of hydrogen-bond donors (Lipinski definition) is 2. The average molecular weight is 271 g/mol. The van der Waals surface area contributed by atoms with Crippen molar-refractivity contribution in [2.75, 3.05) is 0 Å². The first-order chi connectivity index (χ1) is 8.36. The Morgan fingerprint density at radius 3 is 2.83 bits per heavy atom. The minimum Gasteiger partial charge on any atom is -0.392 e. The van der Waals surface area contributed by atoms with Gasteiger partial charge in [0.1, 0.15) is 5.69 Å². The highest BCUT2D eigenvalue weighted by molar-refractivity contribution is 6.31. The highest BCUT2D eigenvalue weighted by Gasteiger charge is 2.48. The number of nitrogens with one attached hydrogen (secondary N) is 1. The summed E-state index contributed by atoms with van der Waals surface area (Å²) in [5, 5.41) is 13.2. The molecule has 1 aromatic heterocycles. The van der Waals surface area contributed by atoms with Gasteiger partial charge >= 0.3 is 0 Å². The van der Waals surface area contributed by atoms with Crippen LogP contribution in [0.4, 0.5) is 0 Å². The number of hydrogen-bond acceptors (Lipinski definition) is 2. The average Bonchev–Trinajstić information content (AvgIpc) is 2.70. The Hall–Kier alpha value is -1.00. The number of amides is 1. The monoisotopic (exact) mass is 270 g/mol. The molecule has 0 bridgehead atoms. The van der Waals surface area contributed by atoms with Gasteiger partial charge in [-0.2, -0.15) is 0 Å². The van der Waals surface area contributed by atoms with Crippen LogP contribution in [0.15, 0.2) is 12.3 Å². The predicted octanol–water partition coefficient (Wildman–Crippen LogP) is 2.05. The van der Waals surface area contributed by atoms with Crippen molar-refractivity contribution in [2.24, 2.45) is 5.41 Å². The number of carbonyl (C=O) groups excluding carboxylic acids is 1. The molecule has 0 aliphatic heterocycles. The van der Waals surface area contributed by atoms with Crippen molar-refractivity contribution in [1.29, 1.82) is 0 Å². The van der Waals surface area contributed by atoms with E-state index in [1.54, 1.807) is 12.3 Å². The third kappa shape index (κ3) is 2.15. The number of aliphatic hydroxyl groups is 1. The van der Waals surface area contributed by atoms with Crippen molar-refractivity contribution in [1.82, 2.24) is 9.88 Å². The summed E-state index contributed by atoms with van der Waals surface area (Å²) in [5.74, 6) is -0.131. The Balaban J connectivity index is 2.09. The molecule has 1 aliphatic carbocycles. The molecule has 100 valence electrons. The van der Waals surface area contributed by atoms with Gasteiger partial charge in [0, 0.05) is 24.2 Å². The maximum Gasteiger partial charge on any atom is 0.268 e. The predicted molar refractivity (Wildman–Crippen MR) is 70.8 cm³/mol. The lowest BCUT2D eigenvalue weighted by Crippen LogP contribution is -2.61. The van der Waals surface area contributed by atoms with Gasteiger partial charge in [-0.25, -0.2) is 0 Å². The van der Waals surface area contributed by atoms with Gasteiger partial charge < -0.3 is 15.0 Å². The number of aliphatic hydroxyl groups excluding tert-OH is 1. The molecule has 1 fully saturated rings. The van der Waals surface area contributed by atoms with E-state index >= 15 is 0 Å². The van der Waals surface area contributed by atoms with E-state index in [9.17, 15) is 9.90 Å². The number of aromatic nitrogens is 1. The largest absolute Gasteiger partial charge is 0.392 e. The second-order valence-electron chi connectivity index (χ2n) is 5.43. The quantitative estimate of drug-likeness (QED) is 0.883. The molecular weight excluding hydrogens is 252 g/mol. The number of nitrogens with zero attached hydrogens (tertiary/aromatic N) is 1. The first-order valence-electron chi connectivity index (χ1n) is 6.20. The zero-order chi connectivity index (χ0) is 13.5. The smallest absolute Gasteiger partial charge is 0.268 e. The van der Waals surface area contributed by atoms with E-state index in [4.69, 9.17) is 11.6 Å². The summed E-state index contributed by atoms with van der Waals surface area (Å²) in [4.78, 5) is 12.2. The lowest BCUT2D eigenvalue weighted by atomic mass is 9.64. The van der Waals surface area contributed by atoms with Crippen LogP contribution >= 0.6 is 11.6 Å². The summed E-state index contributed by atoms with van der Waals surface area (Å²) in [5.41, 5.74) is 0.308. The van der Waals surface area contributed by atoms with Gasteiger partial charge in [0.25, 0.3) is 5.91 Å². The third-order valence-corrected chi connectivity index (χ3v) is 4.16. The number of carbonyl (C=O) groups is 1. The lowest BCUT2D eigenvalue weighted by Gasteiger charge is -2.49. The van der Waals surface area contributed by atoms with Gasteiger partial charge in [-0.3, -0.25) is 4.79 Å². The lowest BCUT2D eigenvalue weighted by molar-refractivity contribution is -0.0690. The van der Waals surface area contributed by atoms with E-state index < -0.39 is 0 Å². The van der Waals surface area contributed by atoms with Crippen LogP contribution in [-0.2, 0) is 6.54 Å². The molecule has 2 atom stereocenters. The highest BCUT2D eigenvalue weighted by atomic mass is 35.5. The molecule has 0 aromatic carbocycles. The highest BCUT2D eigenvalue weighted by Crippen LogP contribution is 2.40. The Morgan fingerprint density at radius 2 is 2.33 bits per heavy atom. The van der Waals surface area contributed by atoms with Crippen molar-refractivity contribution in [2.45, 2.75) is 45.9 Å². The topological polar surface area (TPSA) is 54.3 Å². The van der Waals surface area contributed by atoms with Gasteiger partial charge in [0.15, 0.2) is 0 Å². The van der Waals surface area contributed by atoms with Crippen molar-refractivity contribution in [3.05, 3.63) is 23.0 Å². The second kappa shape index (κ2) is 4.59. The van der Waals surface area contributed by atoms with Gasteiger partial charge in [0.2, 0.25) is 0 Å². The van der Waals surface area contributed by atoms with Crippen LogP contribution in [0, 0.1) is 5.41 Å². The number of rotatable bonds is 3. The summed E-state index contributed by atoms with van der Waals surface area (Å²) in [6, 6.07) is 1.68. The third-order valence-electron chi connectivity index (χ3n) is 3.96. The maximum absolute atomic E-state index is 12.2. The standard InChI is InChI=1S/C13H19ClN2O2/c1-4-16-7-8(14)5-9(16)12(18)15-10-6-11(17)13(10,2)3/h5,7,10-11,17H,4,6H2,1-3H3,(H,15,18). The Bertz CT molecular complexity index is 468. The van der Waals surface area contributed by atoms with E-state index in [0.717, 1.165) is 0 Å². The van der Waals surface area contributed by atoms with Crippen LogP contribution in [0.3, 0.4) is 0 Å². The van der Waals surface area contributed by atoms with Crippen LogP contribution in [0.25, 0.3) is 0 Å². The Morgan fingerprint density at radius 1 is 1.67 bits per heavy atom. The van der Waals surface area contributed by atoms with Crippen LogP contribution in [0.2, 0.25) is 5.02 Å². The maximum atomic E-state index is 12.2. The molecule has 0 spiro atoms. The number of halogens is 1. The zero-order valence-electron chi connectivity index (χ0n) is 10.9. The molecule has 1 saturated carbocycles. The molecule has 1 aromatic rings. The van der Waals surface area contributed by atoms with Crippen molar-refractivity contribution in [3.63, 3.8) is 0 Å². The van der Waals surface area contributed by atoms with Crippen LogP contribution in [-0.4, -0.2) is 27.7 Å². The fourth-order valence-corrected chi connectivity index (χ4v) is 2.53. The van der Waals surface area contributed by atoms with Gasteiger partial charge in [-0.15, -0.1) is 0 Å². The minimum absolute atomic E-state index is 0.0129. The first kappa shape index (κ1) is 13.4. The van der Waals surface area contributed by atoms with Crippen molar-refractivity contribution >= 4 is 17.5 Å². The fourth-order valence-electron chi connectivity index (χ4n) is 2.31. The fraction of sp³-hybridized carbons (Fsp3) is 0.615. The van der Waals surface area contributed by atoms with E-state index in [2.05, 4.69) is 5.32 Å². The molecule has 1 amide bonds. The first-order valence-corrected chi connectivity index (χ1v) is 6.58. The van der Waals surface area contributed by atoms with Crippen LogP contribution < -0.4 is 5.32 Å². The second-order valence-corrected chi connectivity index (χ2v) is 5.86. The van der Waals surface area contributed by atoms with Gasteiger partial charge in [0.05, 0.1) is 11.1 Å². The van der Waals surface area contributed by atoms with Gasteiger partial charge in [-0.1, -0.05) is 25.4 Å². The van der Waals surface area contributed by atoms with E-state index in [0.29, 0.717) is 23.7 Å². The molecule has 0 saturated heterocycles. The summed E-state index contributed by atoms with van der Waals surface area (Å²) in [6.07, 6.45) is 2.01. The van der Waals surface area contributed by atoms with Gasteiger partial charge in [-0.05, 0) is 19.4 Å². The van der Waals surface area contributed by atoms with Crippen LogP contribution in [0.1, 0.15) is 37.7 Å². The molecule has 2 rings (SSSR count). The summed E-state index contributed by atoms with van der Waals surface area (Å²) >= 11 is 5.91. The molecule has 1 aliphatic rings. The summed E-state index contributed by atoms with van der Waals surface area (Å²) in [7, 11) is 0. The molecule has 2 N–H and O–H groups in total. The number of aryl methyl sites for hydroxylation is 1. The molecule has 0 radical (unpaired) electrons. The van der Waals surface area contributed by atoms with Crippen molar-refractivity contribution in [3.8, 4) is 0 Å². The molecule has 2 unspecified atom stereocenters. The Kier molecular flexibility index (Phi) is 3.43. The molecule has 4 nitrogen and oxygen atoms in total. The SMILES string of the molecule is CCn1cc(Cl)cc1C(=O)NC1CC(O)C1(C)C. The molecule has 1 heterocycles. The summed E-state index contributed by atoms with van der Waals surface area (Å²) < 4.78 is 1.82. The Labute approximate surface area is 112 Å². The summed E-state index contributed by atoms with van der Waals surface area (Å²) in [6.45, 7) is 6.58. The van der Waals surface area contributed by atoms with Crippen LogP contribution in [0.5, 0.6) is 0 Å². The van der Waals surface area contributed by atoms with E-state index in [1.807, 2.05) is 25.3 Å². The zero-order valence-corrected chi connectivity index (χ0v) is 11.7. The van der Waals surface area contributed by atoms with E-state index in [1.165, 1.54) is 0 Å². The minimum atomic E-state index is -0.343. The molecule has 18 heavy (non-hydrogen) atoms. The molecular formula is C13H19ClN2O2. The molecule has 5 heteroatoms. The normalized spacial score (nSPS) is 25.6.